The van der Waals surface area contributed by atoms with E-state index in [9.17, 15) is 4.79 Å². The van der Waals surface area contributed by atoms with Crippen molar-refractivity contribution in [2.75, 3.05) is 17.6 Å². The molecule has 0 saturated carbocycles. The van der Waals surface area contributed by atoms with E-state index in [1.165, 1.54) is 0 Å². The van der Waals surface area contributed by atoms with Crippen molar-refractivity contribution in [3.8, 4) is 6.07 Å². The van der Waals surface area contributed by atoms with Crippen LogP contribution in [0, 0.1) is 11.3 Å². The number of amides is 1. The molecule has 0 aliphatic rings. The molecule has 86 valence electrons. The van der Waals surface area contributed by atoms with Crippen LogP contribution in [0.4, 0.5) is 10.8 Å². The Labute approximate surface area is 97.4 Å². The van der Waals surface area contributed by atoms with Crippen LogP contribution in [-0.4, -0.2) is 16.8 Å². The van der Waals surface area contributed by atoms with Gasteiger partial charge in [-0.1, -0.05) is 0 Å². The zero-order chi connectivity index (χ0) is 12.0. The smallest absolute Gasteiger partial charge is 0.217 e. The molecule has 5 N–H and O–H groups in total. The molecule has 0 atom stereocenters. The lowest BCUT2D eigenvalue weighted by Gasteiger charge is -2.02. The fraction of sp³-hybridized carbons (Fsp3) is 0.444. The lowest BCUT2D eigenvalue weighted by Crippen LogP contribution is -2.10. The third kappa shape index (κ3) is 3.40. The molecular formula is C9H13N5OS. The fourth-order valence-corrected chi connectivity index (χ4v) is 1.85. The molecule has 0 unspecified atom stereocenters. The van der Waals surface area contributed by atoms with Crippen LogP contribution in [0.25, 0.3) is 0 Å². The van der Waals surface area contributed by atoms with E-state index in [1.54, 1.807) is 0 Å². The highest BCUT2D eigenvalue weighted by molar-refractivity contribution is 7.10. The predicted molar refractivity (Wildman–Crippen MR) is 62.8 cm³/mol. The Morgan fingerprint density at radius 1 is 1.56 bits per heavy atom. The van der Waals surface area contributed by atoms with Crippen molar-refractivity contribution in [3.63, 3.8) is 0 Å². The molecule has 0 fully saturated rings. The monoisotopic (exact) mass is 239 g/mol. The molecule has 0 saturated heterocycles. The van der Waals surface area contributed by atoms with E-state index in [1.807, 2.05) is 6.07 Å². The number of nitrogens with one attached hydrogen (secondary N) is 1. The second-order valence-corrected chi connectivity index (χ2v) is 4.01. The largest absolute Gasteiger partial charge is 0.382 e. The normalized spacial score (nSPS) is 9.69. The minimum Gasteiger partial charge on any atom is -0.382 e. The molecule has 1 rings (SSSR count). The van der Waals surface area contributed by atoms with Crippen molar-refractivity contribution >= 4 is 28.3 Å². The molecular weight excluding hydrogens is 226 g/mol. The van der Waals surface area contributed by atoms with Gasteiger partial charge in [-0.3, -0.25) is 4.79 Å². The summed E-state index contributed by atoms with van der Waals surface area (Å²) in [4.78, 5) is 10.5. The summed E-state index contributed by atoms with van der Waals surface area (Å²) in [5.74, 6) is -0.0353. The van der Waals surface area contributed by atoms with Crippen molar-refractivity contribution in [2.45, 2.75) is 19.3 Å². The van der Waals surface area contributed by atoms with E-state index in [0.29, 0.717) is 23.5 Å². The minimum absolute atomic E-state index is 0.257. The Hall–Kier alpha value is -1.81. The standard InChI is InChI=1S/C9H13N5OS/c10-5-6-8(12)14-16-9(6)13-4-2-1-3-7(11)15/h13H,1-4H2,(H2,11,15)(H2,12,14). The summed E-state index contributed by atoms with van der Waals surface area (Å²) in [6, 6.07) is 1.99. The fourth-order valence-electron chi connectivity index (χ4n) is 1.16. The topological polar surface area (TPSA) is 118 Å². The Balaban J connectivity index is 2.32. The lowest BCUT2D eigenvalue weighted by atomic mass is 10.2. The SMILES string of the molecule is N#Cc1c(N)nsc1NCCCCC(N)=O. The molecule has 0 aromatic carbocycles. The number of carbonyl (C=O) groups is 1. The molecule has 16 heavy (non-hydrogen) atoms. The van der Waals surface area contributed by atoms with Gasteiger partial charge in [0.1, 0.15) is 16.6 Å². The van der Waals surface area contributed by atoms with Gasteiger partial charge in [0, 0.05) is 13.0 Å². The molecule has 0 spiro atoms. The number of carbonyl (C=O) groups excluding carboxylic acids is 1. The second-order valence-electron chi connectivity index (χ2n) is 3.23. The van der Waals surface area contributed by atoms with Gasteiger partial charge in [0.05, 0.1) is 0 Å². The Kier molecular flexibility index (Phi) is 4.54. The summed E-state index contributed by atoms with van der Waals surface area (Å²) in [5.41, 5.74) is 10.9. The number of rotatable bonds is 6. The molecule has 7 heteroatoms. The van der Waals surface area contributed by atoms with Crippen LogP contribution in [0.2, 0.25) is 0 Å². The Morgan fingerprint density at radius 3 is 2.94 bits per heavy atom. The van der Waals surface area contributed by atoms with Gasteiger partial charge < -0.3 is 16.8 Å². The summed E-state index contributed by atoms with van der Waals surface area (Å²) in [6.07, 6.45) is 1.93. The van der Waals surface area contributed by atoms with Crippen molar-refractivity contribution in [1.82, 2.24) is 4.37 Å². The van der Waals surface area contributed by atoms with Crippen LogP contribution in [0.5, 0.6) is 0 Å². The first kappa shape index (κ1) is 12.3. The zero-order valence-electron chi connectivity index (χ0n) is 8.69. The number of nitrogens with two attached hydrogens (primary N) is 2. The molecule has 1 heterocycles. The first-order chi connectivity index (χ1) is 7.65. The van der Waals surface area contributed by atoms with Crippen LogP contribution in [0.3, 0.4) is 0 Å². The molecule has 0 bridgehead atoms. The maximum atomic E-state index is 10.5. The number of aromatic nitrogens is 1. The highest BCUT2D eigenvalue weighted by Gasteiger charge is 2.09. The van der Waals surface area contributed by atoms with E-state index in [0.717, 1.165) is 24.4 Å². The first-order valence-electron chi connectivity index (χ1n) is 4.82. The Bertz CT molecular complexity index is 409. The van der Waals surface area contributed by atoms with E-state index in [4.69, 9.17) is 16.7 Å². The van der Waals surface area contributed by atoms with Crippen molar-refractivity contribution < 1.29 is 4.79 Å². The number of unbranched alkanes of at least 4 members (excludes halogenated alkanes) is 1. The van der Waals surface area contributed by atoms with E-state index >= 15 is 0 Å². The average molecular weight is 239 g/mol. The average Bonchev–Trinajstić information content (AvgIpc) is 2.58. The zero-order valence-corrected chi connectivity index (χ0v) is 9.51. The van der Waals surface area contributed by atoms with Gasteiger partial charge in [-0.05, 0) is 24.4 Å². The van der Waals surface area contributed by atoms with E-state index in [-0.39, 0.29) is 11.7 Å². The predicted octanol–water partition coefficient (Wildman–Crippen LogP) is 0.664. The second kappa shape index (κ2) is 5.92. The van der Waals surface area contributed by atoms with Gasteiger partial charge in [-0.2, -0.15) is 9.64 Å². The minimum atomic E-state index is -0.292. The summed E-state index contributed by atoms with van der Waals surface area (Å²) in [7, 11) is 0. The van der Waals surface area contributed by atoms with Crippen LogP contribution in [0.15, 0.2) is 0 Å². The molecule has 6 nitrogen and oxygen atoms in total. The van der Waals surface area contributed by atoms with Crippen LogP contribution in [-0.2, 0) is 4.79 Å². The molecule has 1 aromatic rings. The molecule has 0 aliphatic carbocycles. The quantitative estimate of drug-likeness (QED) is 0.630. The maximum Gasteiger partial charge on any atom is 0.217 e. The van der Waals surface area contributed by atoms with Crippen molar-refractivity contribution in [1.29, 1.82) is 5.26 Å². The number of nitriles is 1. The van der Waals surface area contributed by atoms with Crippen molar-refractivity contribution in [2.24, 2.45) is 5.73 Å². The summed E-state index contributed by atoms with van der Waals surface area (Å²) in [6.45, 7) is 0.670. The van der Waals surface area contributed by atoms with Gasteiger partial charge in [0.25, 0.3) is 0 Å². The van der Waals surface area contributed by atoms with Gasteiger partial charge in [0.15, 0.2) is 5.82 Å². The third-order valence-corrected chi connectivity index (χ3v) is 2.78. The summed E-state index contributed by atoms with van der Waals surface area (Å²) in [5, 5.41) is 12.5. The van der Waals surface area contributed by atoms with Crippen LogP contribution >= 0.6 is 11.5 Å². The van der Waals surface area contributed by atoms with Crippen LogP contribution < -0.4 is 16.8 Å². The molecule has 0 aliphatic heterocycles. The van der Waals surface area contributed by atoms with Gasteiger partial charge in [-0.25, -0.2) is 0 Å². The highest BCUT2D eigenvalue weighted by Crippen LogP contribution is 2.25. The number of nitrogens with zero attached hydrogens (tertiary/aromatic N) is 2. The van der Waals surface area contributed by atoms with Gasteiger partial charge in [-0.15, -0.1) is 0 Å². The Morgan fingerprint density at radius 2 is 2.31 bits per heavy atom. The van der Waals surface area contributed by atoms with Gasteiger partial charge in [0.2, 0.25) is 5.91 Å². The van der Waals surface area contributed by atoms with Crippen LogP contribution in [0.1, 0.15) is 24.8 Å². The highest BCUT2D eigenvalue weighted by atomic mass is 32.1. The first-order valence-corrected chi connectivity index (χ1v) is 5.60. The number of primary amides is 1. The van der Waals surface area contributed by atoms with E-state index < -0.39 is 0 Å². The summed E-state index contributed by atoms with van der Waals surface area (Å²) < 4.78 is 3.87. The number of hydrogen-bond acceptors (Lipinski definition) is 6. The maximum absolute atomic E-state index is 10.5. The summed E-state index contributed by atoms with van der Waals surface area (Å²) >= 11 is 1.16. The third-order valence-electron chi connectivity index (χ3n) is 1.97. The number of nitrogen functional groups attached to an aromatic ring is 1. The molecule has 1 aromatic heterocycles. The number of anilines is 2. The number of hydrogen-bond donors (Lipinski definition) is 3. The lowest BCUT2D eigenvalue weighted by molar-refractivity contribution is -0.118. The van der Waals surface area contributed by atoms with Gasteiger partial charge >= 0.3 is 0 Å². The molecule has 1 amide bonds. The molecule has 0 radical (unpaired) electrons. The van der Waals surface area contributed by atoms with E-state index in [2.05, 4.69) is 9.69 Å². The van der Waals surface area contributed by atoms with Crippen molar-refractivity contribution in [3.05, 3.63) is 5.56 Å².